The van der Waals surface area contributed by atoms with E-state index >= 15 is 0 Å². The summed E-state index contributed by atoms with van der Waals surface area (Å²) in [4.78, 5) is 8.54. The first-order chi connectivity index (χ1) is 16.1. The number of aryl methyl sites for hydroxylation is 1. The molecule has 0 amide bonds. The summed E-state index contributed by atoms with van der Waals surface area (Å²) in [7, 11) is 1.47. The molecule has 0 spiro atoms. The van der Waals surface area contributed by atoms with Crippen LogP contribution in [0.25, 0.3) is 22.3 Å². The van der Waals surface area contributed by atoms with Crippen LogP contribution in [0.5, 0.6) is 11.5 Å². The number of anilines is 1. The number of fused-ring (bicyclic) bond motifs is 2. The maximum atomic E-state index is 14.6. The van der Waals surface area contributed by atoms with Crippen molar-refractivity contribution in [2.24, 2.45) is 7.05 Å². The fourth-order valence-corrected chi connectivity index (χ4v) is 3.91. The summed E-state index contributed by atoms with van der Waals surface area (Å²) < 4.78 is 75.0. The monoisotopic (exact) mass is 477 g/mol. The molecule has 7 nitrogen and oxygen atoms in total. The Bertz CT molecular complexity index is 1420. The van der Waals surface area contributed by atoms with Gasteiger partial charge in [0.05, 0.1) is 17.0 Å². The fraction of sp³-hybridized carbons (Fsp3) is 0.227. The van der Waals surface area contributed by atoms with Crippen LogP contribution in [0.3, 0.4) is 0 Å². The summed E-state index contributed by atoms with van der Waals surface area (Å²) in [6.45, 7) is 0.370. The van der Waals surface area contributed by atoms with Gasteiger partial charge in [-0.05, 0) is 24.1 Å². The highest BCUT2D eigenvalue weighted by Gasteiger charge is 2.38. The van der Waals surface area contributed by atoms with Crippen LogP contribution in [0.4, 0.5) is 27.9 Å². The van der Waals surface area contributed by atoms with Crippen molar-refractivity contribution in [1.29, 1.82) is 0 Å². The van der Waals surface area contributed by atoms with Crippen molar-refractivity contribution in [3.05, 3.63) is 59.3 Å². The first kappa shape index (κ1) is 21.9. The minimum absolute atomic E-state index is 0.122. The molecule has 2 aromatic carbocycles. The molecule has 3 heterocycles. The van der Waals surface area contributed by atoms with E-state index in [1.807, 2.05) is 24.3 Å². The van der Waals surface area contributed by atoms with Gasteiger partial charge in [-0.25, -0.2) is 18.4 Å². The third kappa shape index (κ3) is 3.64. The van der Waals surface area contributed by atoms with E-state index in [2.05, 4.69) is 20.4 Å². The van der Waals surface area contributed by atoms with Gasteiger partial charge in [-0.15, -0.1) is 0 Å². The third-order valence-electron chi connectivity index (χ3n) is 5.53. The number of aromatic hydroxyl groups is 1. The van der Waals surface area contributed by atoms with Gasteiger partial charge in [0.2, 0.25) is 5.95 Å². The highest BCUT2D eigenvalue weighted by molar-refractivity contribution is 5.91. The van der Waals surface area contributed by atoms with Gasteiger partial charge in [-0.3, -0.25) is 0 Å². The molecule has 5 rings (SSSR count). The highest BCUT2D eigenvalue weighted by Crippen LogP contribution is 2.41. The number of para-hydroxylation sites is 1. The van der Waals surface area contributed by atoms with Crippen LogP contribution in [0.1, 0.15) is 11.1 Å². The predicted molar refractivity (Wildman–Crippen MR) is 111 cm³/mol. The predicted octanol–water partition coefficient (Wildman–Crippen LogP) is 4.45. The molecule has 1 aliphatic rings. The van der Waals surface area contributed by atoms with Gasteiger partial charge >= 0.3 is 6.18 Å². The number of nitrogens with one attached hydrogen (secondary N) is 1. The van der Waals surface area contributed by atoms with E-state index in [4.69, 9.17) is 4.74 Å². The molecule has 0 bridgehead atoms. The molecule has 0 unspecified atom stereocenters. The minimum atomic E-state index is -5.15. The first-order valence-corrected chi connectivity index (χ1v) is 10.1. The number of aromatic nitrogens is 4. The SMILES string of the molecule is Cn1nc(-c2cc(C(F)(F)F)c(F)c(O)c2F)c2cnc(N[C@H]3COc4ccccc4C3)nc21. The largest absolute Gasteiger partial charge is 0.503 e. The molecule has 0 saturated heterocycles. The maximum absolute atomic E-state index is 14.6. The lowest BCUT2D eigenvalue weighted by molar-refractivity contribution is -0.140. The Balaban J connectivity index is 1.51. The van der Waals surface area contributed by atoms with Gasteiger partial charge in [-0.2, -0.15) is 23.3 Å². The van der Waals surface area contributed by atoms with E-state index in [9.17, 15) is 27.1 Å². The van der Waals surface area contributed by atoms with Crippen LogP contribution in [0.2, 0.25) is 0 Å². The summed E-state index contributed by atoms with van der Waals surface area (Å²) in [5, 5.41) is 17.0. The van der Waals surface area contributed by atoms with Crippen LogP contribution in [0.15, 0.2) is 36.5 Å². The van der Waals surface area contributed by atoms with Crippen molar-refractivity contribution in [3.63, 3.8) is 0 Å². The molecule has 2 N–H and O–H groups in total. The second-order valence-corrected chi connectivity index (χ2v) is 7.81. The fourth-order valence-electron chi connectivity index (χ4n) is 3.91. The van der Waals surface area contributed by atoms with Gasteiger partial charge in [0, 0.05) is 18.8 Å². The van der Waals surface area contributed by atoms with Crippen LogP contribution >= 0.6 is 0 Å². The lowest BCUT2D eigenvalue weighted by Gasteiger charge is -2.25. The topological polar surface area (TPSA) is 85.1 Å². The second-order valence-electron chi connectivity index (χ2n) is 7.81. The van der Waals surface area contributed by atoms with Gasteiger partial charge in [0.25, 0.3) is 0 Å². The van der Waals surface area contributed by atoms with E-state index < -0.39 is 34.7 Å². The Morgan fingerprint density at radius 3 is 2.71 bits per heavy atom. The maximum Gasteiger partial charge on any atom is 0.419 e. The smallest absolute Gasteiger partial charge is 0.419 e. The second kappa shape index (κ2) is 7.82. The number of nitrogens with zero attached hydrogens (tertiary/aromatic N) is 4. The molecule has 12 heteroatoms. The molecule has 1 aliphatic heterocycles. The van der Waals surface area contributed by atoms with Crippen molar-refractivity contribution < 1.29 is 31.8 Å². The molecule has 0 fully saturated rings. The molecular weight excluding hydrogens is 461 g/mol. The molecule has 0 saturated carbocycles. The van der Waals surface area contributed by atoms with Crippen molar-refractivity contribution in [2.75, 3.05) is 11.9 Å². The Morgan fingerprint density at radius 1 is 1.18 bits per heavy atom. The highest BCUT2D eigenvalue weighted by atomic mass is 19.4. The number of phenols is 1. The Kier molecular flexibility index (Phi) is 5.03. The van der Waals surface area contributed by atoms with Crippen molar-refractivity contribution >= 4 is 17.0 Å². The standard InChI is InChI=1S/C22H16F5N5O2/c1-32-20-13(18(31-32)12-7-14(22(25,26)27)17(24)19(33)16(12)23)8-28-21(30-20)29-11-6-10-4-2-3-5-15(10)34-9-11/h2-5,7-8,11,33H,6,9H2,1H3,(H,28,29,30)/t11-/m1/s1. The van der Waals surface area contributed by atoms with Gasteiger partial charge in [0.15, 0.2) is 23.0 Å². The molecular formula is C22H16F5N5O2. The normalized spacial score (nSPS) is 15.8. The van der Waals surface area contributed by atoms with E-state index in [1.165, 1.54) is 17.9 Å². The average Bonchev–Trinajstić information content (AvgIpc) is 3.12. The summed E-state index contributed by atoms with van der Waals surface area (Å²) >= 11 is 0. The van der Waals surface area contributed by atoms with Crippen molar-refractivity contribution in [2.45, 2.75) is 18.6 Å². The Hall–Kier alpha value is -3.96. The summed E-state index contributed by atoms with van der Waals surface area (Å²) in [6.07, 6.45) is -3.21. The Labute approximate surface area is 188 Å². The number of hydrogen-bond acceptors (Lipinski definition) is 6. The van der Waals surface area contributed by atoms with Crippen LogP contribution in [0, 0.1) is 11.6 Å². The zero-order chi connectivity index (χ0) is 24.2. The quantitative estimate of drug-likeness (QED) is 0.425. The number of alkyl halides is 3. The molecule has 176 valence electrons. The third-order valence-corrected chi connectivity index (χ3v) is 5.53. The lowest BCUT2D eigenvalue weighted by atomic mass is 10.0. The van der Waals surface area contributed by atoms with Crippen LogP contribution in [-0.4, -0.2) is 37.5 Å². The van der Waals surface area contributed by atoms with E-state index in [0.29, 0.717) is 13.0 Å². The van der Waals surface area contributed by atoms with E-state index in [1.54, 1.807) is 0 Å². The number of rotatable bonds is 3. The molecule has 0 radical (unpaired) electrons. The molecule has 1 atom stereocenters. The first-order valence-electron chi connectivity index (χ1n) is 10.1. The zero-order valence-corrected chi connectivity index (χ0v) is 17.5. The van der Waals surface area contributed by atoms with Gasteiger partial charge in [0.1, 0.15) is 18.1 Å². The summed E-state index contributed by atoms with van der Waals surface area (Å²) in [6, 6.07) is 7.74. The van der Waals surface area contributed by atoms with E-state index in [-0.39, 0.29) is 34.8 Å². The van der Waals surface area contributed by atoms with Crippen molar-refractivity contribution in [1.82, 2.24) is 19.7 Å². The summed E-state index contributed by atoms with van der Waals surface area (Å²) in [5.41, 5.74) is -1.59. The number of halogens is 5. The Morgan fingerprint density at radius 2 is 1.94 bits per heavy atom. The summed E-state index contributed by atoms with van der Waals surface area (Å²) in [5.74, 6) is -4.37. The molecule has 34 heavy (non-hydrogen) atoms. The number of phenolic OH excluding ortho intramolecular Hbond substituents is 1. The van der Waals surface area contributed by atoms with Gasteiger partial charge < -0.3 is 15.2 Å². The number of hydrogen-bond donors (Lipinski definition) is 2. The van der Waals surface area contributed by atoms with E-state index in [0.717, 1.165) is 11.3 Å². The molecule has 4 aromatic rings. The number of benzene rings is 2. The van der Waals surface area contributed by atoms with Crippen LogP contribution in [-0.2, 0) is 19.6 Å². The van der Waals surface area contributed by atoms with Crippen molar-refractivity contribution in [3.8, 4) is 22.8 Å². The lowest BCUT2D eigenvalue weighted by Crippen LogP contribution is -2.33. The number of ether oxygens (including phenoxy) is 1. The molecule has 0 aliphatic carbocycles. The minimum Gasteiger partial charge on any atom is -0.503 e. The molecule has 2 aromatic heterocycles. The average molecular weight is 477 g/mol. The zero-order valence-electron chi connectivity index (χ0n) is 17.5. The van der Waals surface area contributed by atoms with Crippen LogP contribution < -0.4 is 10.1 Å². The van der Waals surface area contributed by atoms with Gasteiger partial charge in [-0.1, -0.05) is 18.2 Å².